The predicted molar refractivity (Wildman–Crippen MR) is 106 cm³/mol. The van der Waals surface area contributed by atoms with Crippen LogP contribution in [0.1, 0.15) is 23.7 Å². The third-order valence-electron chi connectivity index (χ3n) is 4.43. The molecular formula is C21H21N3O2S. The lowest BCUT2D eigenvalue weighted by Gasteiger charge is -2.17. The number of rotatable bonds is 7. The number of benzene rings is 2. The van der Waals surface area contributed by atoms with E-state index in [1.54, 1.807) is 13.3 Å². The Morgan fingerprint density at radius 3 is 2.78 bits per heavy atom. The number of ether oxygens (including phenoxy) is 1. The van der Waals surface area contributed by atoms with Crippen molar-refractivity contribution in [3.05, 3.63) is 72.6 Å². The maximum absolute atomic E-state index is 12.9. The van der Waals surface area contributed by atoms with Crippen molar-refractivity contribution in [2.75, 3.05) is 7.11 Å². The predicted octanol–water partition coefficient (Wildman–Crippen LogP) is 3.99. The lowest BCUT2D eigenvalue weighted by Crippen LogP contribution is -2.29. The zero-order chi connectivity index (χ0) is 18.6. The van der Waals surface area contributed by atoms with Crippen LogP contribution in [-0.4, -0.2) is 28.6 Å². The summed E-state index contributed by atoms with van der Waals surface area (Å²) in [6.07, 6.45) is 5.79. The standard InChI is InChI=1S/C21H21N3O2S/c1-26-18-9-5-8-17(14-18)24-13-12-22-21(24)27-19(15-6-3-2-4-7-15)20(25)23-16-10-11-16/h2-9,12-14,16,19H,10-11H2,1H3,(H,23,25)/t19-/m0/s1. The summed E-state index contributed by atoms with van der Waals surface area (Å²) in [5.41, 5.74) is 1.92. The number of imidazole rings is 1. The molecule has 6 heteroatoms. The van der Waals surface area contributed by atoms with E-state index in [2.05, 4.69) is 10.3 Å². The summed E-state index contributed by atoms with van der Waals surface area (Å²) in [6.45, 7) is 0. The van der Waals surface area contributed by atoms with Gasteiger partial charge in [-0.15, -0.1) is 0 Å². The van der Waals surface area contributed by atoms with Gasteiger partial charge in [-0.1, -0.05) is 48.2 Å². The molecule has 1 aromatic heterocycles. The van der Waals surface area contributed by atoms with Crippen molar-refractivity contribution in [2.45, 2.75) is 29.3 Å². The smallest absolute Gasteiger partial charge is 0.238 e. The molecule has 1 N–H and O–H groups in total. The second kappa shape index (κ2) is 7.88. The largest absolute Gasteiger partial charge is 0.497 e. The minimum Gasteiger partial charge on any atom is -0.497 e. The van der Waals surface area contributed by atoms with Crippen molar-refractivity contribution in [1.82, 2.24) is 14.9 Å². The highest BCUT2D eigenvalue weighted by molar-refractivity contribution is 8.00. The van der Waals surface area contributed by atoms with E-state index in [-0.39, 0.29) is 11.2 Å². The van der Waals surface area contributed by atoms with E-state index in [0.717, 1.165) is 35.0 Å². The Balaban J connectivity index is 1.63. The number of nitrogens with one attached hydrogen (secondary N) is 1. The van der Waals surface area contributed by atoms with Gasteiger partial charge < -0.3 is 10.1 Å². The van der Waals surface area contributed by atoms with Crippen molar-refractivity contribution >= 4 is 17.7 Å². The minimum atomic E-state index is -0.349. The first-order chi connectivity index (χ1) is 13.2. The molecule has 5 nitrogen and oxygen atoms in total. The van der Waals surface area contributed by atoms with Crippen LogP contribution >= 0.6 is 11.8 Å². The van der Waals surface area contributed by atoms with Gasteiger partial charge in [0.25, 0.3) is 0 Å². The lowest BCUT2D eigenvalue weighted by atomic mass is 10.1. The summed E-state index contributed by atoms with van der Waals surface area (Å²) in [5, 5.41) is 3.54. The van der Waals surface area contributed by atoms with Crippen molar-refractivity contribution in [3.63, 3.8) is 0 Å². The van der Waals surface area contributed by atoms with Crippen molar-refractivity contribution in [3.8, 4) is 11.4 Å². The molecule has 3 aromatic rings. The first kappa shape index (κ1) is 17.7. The van der Waals surface area contributed by atoms with Crippen LogP contribution in [0.15, 0.2) is 72.1 Å². The number of amides is 1. The molecule has 1 fully saturated rings. The van der Waals surface area contributed by atoms with Crippen molar-refractivity contribution < 1.29 is 9.53 Å². The van der Waals surface area contributed by atoms with Gasteiger partial charge in [-0.05, 0) is 30.5 Å². The summed E-state index contributed by atoms with van der Waals surface area (Å²) in [5.74, 6) is 0.817. The Bertz CT molecular complexity index is 922. The van der Waals surface area contributed by atoms with Gasteiger partial charge in [0, 0.05) is 24.5 Å². The Labute approximate surface area is 162 Å². The molecule has 0 spiro atoms. The number of methoxy groups -OCH3 is 1. The fourth-order valence-corrected chi connectivity index (χ4v) is 3.93. The maximum atomic E-state index is 12.9. The minimum absolute atomic E-state index is 0.0360. The molecule has 138 valence electrons. The van der Waals surface area contributed by atoms with Gasteiger partial charge in [-0.3, -0.25) is 9.36 Å². The molecule has 0 unspecified atom stereocenters. The number of carbonyl (C=O) groups excluding carboxylic acids is 1. The van der Waals surface area contributed by atoms with E-state index in [1.165, 1.54) is 11.8 Å². The summed E-state index contributed by atoms with van der Waals surface area (Å²) >= 11 is 1.46. The number of hydrogen-bond acceptors (Lipinski definition) is 4. The Kier molecular flexibility index (Phi) is 5.16. The van der Waals surface area contributed by atoms with Gasteiger partial charge in [0.05, 0.1) is 12.8 Å². The number of hydrogen-bond donors (Lipinski definition) is 1. The fraction of sp³-hybridized carbons (Fsp3) is 0.238. The summed E-state index contributed by atoms with van der Waals surface area (Å²) in [6, 6.07) is 18.0. The van der Waals surface area contributed by atoms with Crippen molar-refractivity contribution in [2.24, 2.45) is 0 Å². The molecule has 1 amide bonds. The summed E-state index contributed by atoms with van der Waals surface area (Å²) in [7, 11) is 1.65. The average molecular weight is 379 g/mol. The van der Waals surface area contributed by atoms with Gasteiger partial charge in [0.15, 0.2) is 5.16 Å². The third-order valence-corrected chi connectivity index (χ3v) is 5.66. The van der Waals surface area contributed by atoms with E-state index >= 15 is 0 Å². The van der Waals surface area contributed by atoms with Crippen LogP contribution in [0, 0.1) is 0 Å². The first-order valence-corrected chi connectivity index (χ1v) is 9.82. The van der Waals surface area contributed by atoms with E-state index in [0.29, 0.717) is 6.04 Å². The maximum Gasteiger partial charge on any atom is 0.238 e. The van der Waals surface area contributed by atoms with Crippen LogP contribution in [0.4, 0.5) is 0 Å². The van der Waals surface area contributed by atoms with Crippen LogP contribution in [0.2, 0.25) is 0 Å². The van der Waals surface area contributed by atoms with E-state index in [9.17, 15) is 4.79 Å². The highest BCUT2D eigenvalue weighted by Crippen LogP contribution is 2.36. The topological polar surface area (TPSA) is 56.2 Å². The third kappa shape index (κ3) is 4.17. The molecular weight excluding hydrogens is 358 g/mol. The van der Waals surface area contributed by atoms with E-state index in [1.807, 2.05) is 65.4 Å². The van der Waals surface area contributed by atoms with Gasteiger partial charge in [-0.2, -0.15) is 0 Å². The van der Waals surface area contributed by atoms with Crippen LogP contribution < -0.4 is 10.1 Å². The Hall–Kier alpha value is -2.73. The molecule has 0 bridgehead atoms. The average Bonchev–Trinajstić information content (AvgIpc) is 3.40. The summed E-state index contributed by atoms with van der Waals surface area (Å²) in [4.78, 5) is 17.4. The highest BCUT2D eigenvalue weighted by atomic mass is 32.2. The molecule has 0 saturated heterocycles. The molecule has 1 aliphatic rings. The van der Waals surface area contributed by atoms with Gasteiger partial charge in [0.2, 0.25) is 5.91 Å². The normalized spacial score (nSPS) is 14.6. The molecule has 4 rings (SSSR count). The Morgan fingerprint density at radius 1 is 1.22 bits per heavy atom. The van der Waals surface area contributed by atoms with E-state index < -0.39 is 0 Å². The SMILES string of the molecule is COc1cccc(-n2ccnc2S[C@H](C(=O)NC2CC2)c2ccccc2)c1. The Morgan fingerprint density at radius 2 is 2.04 bits per heavy atom. The van der Waals surface area contributed by atoms with Crippen molar-refractivity contribution in [1.29, 1.82) is 0 Å². The molecule has 1 heterocycles. The van der Waals surface area contributed by atoms with Crippen LogP contribution in [0.25, 0.3) is 5.69 Å². The second-order valence-electron chi connectivity index (χ2n) is 6.47. The summed E-state index contributed by atoms with van der Waals surface area (Å²) < 4.78 is 7.31. The molecule has 2 aromatic carbocycles. The quantitative estimate of drug-likeness (QED) is 0.631. The zero-order valence-electron chi connectivity index (χ0n) is 15.0. The van der Waals surface area contributed by atoms with Gasteiger partial charge in [0.1, 0.15) is 11.0 Å². The lowest BCUT2D eigenvalue weighted by molar-refractivity contribution is -0.120. The number of nitrogens with zero attached hydrogens (tertiary/aromatic N) is 2. The van der Waals surface area contributed by atoms with Gasteiger partial charge in [-0.25, -0.2) is 4.98 Å². The van der Waals surface area contributed by atoms with Gasteiger partial charge >= 0.3 is 0 Å². The molecule has 0 radical (unpaired) electrons. The highest BCUT2D eigenvalue weighted by Gasteiger charge is 2.30. The van der Waals surface area contributed by atoms with Crippen LogP contribution in [-0.2, 0) is 4.79 Å². The fourth-order valence-electron chi connectivity index (χ4n) is 2.84. The molecule has 1 saturated carbocycles. The monoisotopic (exact) mass is 379 g/mol. The van der Waals surface area contributed by atoms with Crippen LogP contribution in [0.5, 0.6) is 5.75 Å². The van der Waals surface area contributed by atoms with Crippen LogP contribution in [0.3, 0.4) is 0 Å². The second-order valence-corrected chi connectivity index (χ2v) is 7.54. The van der Waals surface area contributed by atoms with E-state index in [4.69, 9.17) is 4.74 Å². The zero-order valence-corrected chi connectivity index (χ0v) is 15.9. The molecule has 1 atom stereocenters. The molecule has 1 aliphatic carbocycles. The molecule has 0 aliphatic heterocycles. The first-order valence-electron chi connectivity index (χ1n) is 8.94. The molecule has 27 heavy (non-hydrogen) atoms. The number of thioether (sulfide) groups is 1. The number of aromatic nitrogens is 2. The number of carbonyl (C=O) groups is 1.